The molecule has 41 heavy (non-hydrogen) atoms. The second kappa shape index (κ2) is 11.7. The van der Waals surface area contributed by atoms with Crippen molar-refractivity contribution in [3.8, 4) is 11.5 Å². The topological polar surface area (TPSA) is 154 Å². The molecular weight excluding hydrogens is 522 g/mol. The maximum atomic E-state index is 12.8. The number of aliphatic hydroxyl groups is 1. The summed E-state index contributed by atoms with van der Waals surface area (Å²) in [4.78, 5) is 24.8. The average molecular weight is 564 g/mol. The fourth-order valence-corrected chi connectivity index (χ4v) is 6.04. The lowest BCUT2D eigenvalue weighted by atomic mass is 9.53. The zero-order valence-electron chi connectivity index (χ0n) is 23.9. The number of rotatable bonds is 13. The first-order valence-electron chi connectivity index (χ1n) is 14.4. The van der Waals surface area contributed by atoms with Gasteiger partial charge in [0.25, 0.3) is 5.91 Å². The van der Waals surface area contributed by atoms with Crippen molar-refractivity contribution in [1.29, 1.82) is 0 Å². The third-order valence-corrected chi connectivity index (χ3v) is 8.08. The van der Waals surface area contributed by atoms with Gasteiger partial charge in [-0.05, 0) is 101 Å². The number of ether oxygens (including phenoxy) is 2. The normalized spacial score (nSPS) is 21.8. The van der Waals surface area contributed by atoms with Crippen LogP contribution in [0.4, 0.5) is 0 Å². The summed E-state index contributed by atoms with van der Waals surface area (Å²) in [5.74, 6) is 0.657. The number of amides is 2. The van der Waals surface area contributed by atoms with E-state index in [9.17, 15) is 14.7 Å². The summed E-state index contributed by atoms with van der Waals surface area (Å²) in [6, 6.07) is 9.48. The highest BCUT2D eigenvalue weighted by Gasteiger charge is 2.54. The number of nitrogens with zero attached hydrogens (tertiary/aromatic N) is 2. The maximum absolute atomic E-state index is 12.8. The average Bonchev–Trinajstić information content (AvgIpc) is 3.26. The van der Waals surface area contributed by atoms with Crippen molar-refractivity contribution >= 4 is 17.3 Å². The number of fused-ring (bicyclic) bond motifs is 1. The van der Waals surface area contributed by atoms with Crippen molar-refractivity contribution in [2.75, 3.05) is 13.2 Å². The van der Waals surface area contributed by atoms with Crippen LogP contribution in [0.5, 0.6) is 11.5 Å². The number of nitrogens with one attached hydrogen (secondary N) is 1. The number of aromatic nitrogens is 2. The quantitative estimate of drug-likeness (QED) is 0.233. The van der Waals surface area contributed by atoms with E-state index in [0.717, 1.165) is 61.6 Å². The van der Waals surface area contributed by atoms with E-state index in [4.69, 9.17) is 20.9 Å². The Bertz CT molecular complexity index is 1400. The maximum Gasteiger partial charge on any atom is 0.252 e. The highest BCUT2D eigenvalue weighted by molar-refractivity contribution is 5.95. The summed E-state index contributed by atoms with van der Waals surface area (Å²) >= 11 is 0. The van der Waals surface area contributed by atoms with Crippen LogP contribution in [0, 0.1) is 5.41 Å². The molecule has 0 atom stereocenters. The Balaban J connectivity index is 1.09. The van der Waals surface area contributed by atoms with Crippen LogP contribution in [-0.2, 0) is 17.6 Å². The van der Waals surface area contributed by atoms with Gasteiger partial charge >= 0.3 is 0 Å². The molecule has 0 saturated heterocycles. The number of hydrogen-bond acceptors (Lipinski definition) is 7. The summed E-state index contributed by atoms with van der Waals surface area (Å²) in [5, 5.41) is 17.4. The molecule has 1 spiro atoms. The number of carbonyl (C=O) groups is 2. The Labute approximate surface area is 240 Å². The Morgan fingerprint density at radius 1 is 1.17 bits per heavy atom. The van der Waals surface area contributed by atoms with Gasteiger partial charge in [0.1, 0.15) is 18.1 Å². The molecular formula is C31H41N5O5. The fraction of sp³-hybridized carbons (Fsp3) is 0.516. The van der Waals surface area contributed by atoms with Crippen LogP contribution in [-0.4, -0.2) is 57.4 Å². The number of aryl methyl sites for hydroxylation is 1. The second-order valence-corrected chi connectivity index (χ2v) is 12.4. The molecule has 10 heteroatoms. The van der Waals surface area contributed by atoms with Crippen molar-refractivity contribution in [1.82, 2.24) is 14.9 Å². The number of carbonyl (C=O) groups excluding carboxylic acids is 2. The van der Waals surface area contributed by atoms with Gasteiger partial charge in [-0.2, -0.15) is 5.10 Å². The molecule has 2 fully saturated rings. The minimum Gasteiger partial charge on any atom is -0.490 e. The molecule has 2 saturated carbocycles. The summed E-state index contributed by atoms with van der Waals surface area (Å²) in [6.45, 7) is 4.20. The molecule has 10 nitrogen and oxygen atoms in total. The smallest absolute Gasteiger partial charge is 0.252 e. The number of benzene rings is 1. The van der Waals surface area contributed by atoms with Crippen LogP contribution < -0.4 is 26.3 Å². The van der Waals surface area contributed by atoms with Crippen LogP contribution >= 0.6 is 0 Å². The first kappa shape index (κ1) is 28.9. The molecule has 5 rings (SSSR count). The SMILES string of the molecule is CC(C)(O)COc1ccc2c(CC(=O)NC3CC4(C3)CC(Oc3cc(CCCCN)ccc3C(N)=O)C4)cnn2c1. The largest absolute Gasteiger partial charge is 0.490 e. The molecule has 1 aromatic carbocycles. The molecule has 2 aliphatic carbocycles. The van der Waals surface area contributed by atoms with Gasteiger partial charge in [-0.15, -0.1) is 0 Å². The van der Waals surface area contributed by atoms with Gasteiger partial charge in [0, 0.05) is 11.6 Å². The van der Waals surface area contributed by atoms with Gasteiger partial charge in [-0.3, -0.25) is 9.59 Å². The van der Waals surface area contributed by atoms with E-state index < -0.39 is 11.5 Å². The first-order valence-corrected chi connectivity index (χ1v) is 14.4. The van der Waals surface area contributed by atoms with Crippen molar-refractivity contribution < 1.29 is 24.2 Å². The van der Waals surface area contributed by atoms with Gasteiger partial charge in [0.05, 0.1) is 41.6 Å². The number of nitrogens with two attached hydrogens (primary N) is 2. The van der Waals surface area contributed by atoms with E-state index in [1.165, 1.54) is 0 Å². The number of hydrogen-bond donors (Lipinski definition) is 4. The third kappa shape index (κ3) is 7.00. The highest BCUT2D eigenvalue weighted by Crippen LogP contribution is 2.57. The van der Waals surface area contributed by atoms with Crippen molar-refractivity contribution in [3.63, 3.8) is 0 Å². The lowest BCUT2D eigenvalue weighted by Crippen LogP contribution is -2.59. The van der Waals surface area contributed by atoms with E-state index in [1.807, 2.05) is 24.3 Å². The van der Waals surface area contributed by atoms with E-state index in [2.05, 4.69) is 10.4 Å². The van der Waals surface area contributed by atoms with Crippen LogP contribution in [0.3, 0.4) is 0 Å². The molecule has 2 heterocycles. The molecule has 2 amide bonds. The monoisotopic (exact) mass is 563 g/mol. The second-order valence-electron chi connectivity index (χ2n) is 12.4. The van der Waals surface area contributed by atoms with Gasteiger partial charge in [-0.1, -0.05) is 6.07 Å². The fourth-order valence-electron chi connectivity index (χ4n) is 6.04. The highest BCUT2D eigenvalue weighted by atomic mass is 16.5. The van der Waals surface area contributed by atoms with E-state index >= 15 is 0 Å². The van der Waals surface area contributed by atoms with Crippen LogP contribution in [0.1, 0.15) is 73.9 Å². The summed E-state index contributed by atoms with van der Waals surface area (Å²) in [6.07, 6.45) is 10.2. The molecule has 0 aliphatic heterocycles. The molecule has 2 aromatic heterocycles. The lowest BCUT2D eigenvalue weighted by Gasteiger charge is -2.57. The Morgan fingerprint density at radius 3 is 2.66 bits per heavy atom. The molecule has 0 bridgehead atoms. The summed E-state index contributed by atoms with van der Waals surface area (Å²) in [5.41, 5.74) is 13.7. The van der Waals surface area contributed by atoms with Crippen LogP contribution in [0.15, 0.2) is 42.7 Å². The summed E-state index contributed by atoms with van der Waals surface area (Å²) < 4.78 is 13.6. The molecule has 2 aliphatic rings. The molecule has 0 unspecified atom stereocenters. The van der Waals surface area contributed by atoms with E-state index in [-0.39, 0.29) is 36.5 Å². The minimum atomic E-state index is -0.930. The number of unbranched alkanes of at least 4 members (excludes halogenated alkanes) is 1. The molecule has 0 radical (unpaired) electrons. The zero-order chi connectivity index (χ0) is 29.2. The third-order valence-electron chi connectivity index (χ3n) is 8.08. The van der Waals surface area contributed by atoms with Gasteiger partial charge < -0.3 is 31.4 Å². The molecule has 3 aromatic rings. The molecule has 220 valence electrons. The zero-order valence-corrected chi connectivity index (χ0v) is 23.9. The predicted molar refractivity (Wildman–Crippen MR) is 155 cm³/mol. The lowest BCUT2D eigenvalue weighted by molar-refractivity contribution is -0.126. The van der Waals surface area contributed by atoms with E-state index in [0.29, 0.717) is 23.6 Å². The Hall–Kier alpha value is -3.63. The van der Waals surface area contributed by atoms with Crippen molar-refractivity contribution in [2.24, 2.45) is 16.9 Å². The molecule has 6 N–H and O–H groups in total. The van der Waals surface area contributed by atoms with Crippen LogP contribution in [0.2, 0.25) is 0 Å². The predicted octanol–water partition coefficient (Wildman–Crippen LogP) is 2.91. The van der Waals surface area contributed by atoms with Crippen molar-refractivity contribution in [3.05, 3.63) is 59.4 Å². The van der Waals surface area contributed by atoms with Crippen LogP contribution in [0.25, 0.3) is 5.52 Å². The standard InChI is InChI=1S/C31H41N5O5/c1-30(2,39)19-40-23-7-9-26-21(17-34-36(26)18-23)12-28(37)35-22-13-31(14-22)15-24(16-31)41-27-11-20(5-3-4-10-32)6-8-25(27)29(33)38/h6-9,11,17-18,22,24,39H,3-5,10,12-16,19,32H2,1-2H3,(H2,33,38)(H,35,37). The Morgan fingerprint density at radius 2 is 1.95 bits per heavy atom. The van der Waals surface area contributed by atoms with Crippen molar-refractivity contribution in [2.45, 2.75) is 83.0 Å². The van der Waals surface area contributed by atoms with E-state index in [1.54, 1.807) is 36.8 Å². The van der Waals surface area contributed by atoms with Gasteiger partial charge in [-0.25, -0.2) is 4.52 Å². The first-order chi connectivity index (χ1) is 19.5. The number of primary amides is 1. The van der Waals surface area contributed by atoms with Gasteiger partial charge in [0.15, 0.2) is 0 Å². The summed E-state index contributed by atoms with van der Waals surface area (Å²) in [7, 11) is 0. The number of pyridine rings is 1. The minimum absolute atomic E-state index is 0.0215. The Kier molecular flexibility index (Phi) is 8.24. The van der Waals surface area contributed by atoms with Gasteiger partial charge in [0.2, 0.25) is 5.91 Å².